The zero-order valence-electron chi connectivity index (χ0n) is 14.1. The number of hydrogen-bond acceptors (Lipinski definition) is 0. The zero-order valence-corrected chi connectivity index (χ0v) is 15.0. The van der Waals surface area contributed by atoms with E-state index in [9.17, 15) is 26.3 Å². The fourth-order valence-electron chi connectivity index (χ4n) is 2.61. The summed E-state index contributed by atoms with van der Waals surface area (Å²) in [4.78, 5) is -1.47. The van der Waals surface area contributed by atoms with Gasteiger partial charge in [-0.05, 0) is 74.2 Å². The molecule has 0 aliphatic carbocycles. The van der Waals surface area contributed by atoms with Gasteiger partial charge in [0.15, 0.2) is 0 Å². The van der Waals surface area contributed by atoms with Crippen LogP contribution in [-0.2, 0) is 0 Å². The second-order valence-electron chi connectivity index (χ2n) is 6.00. The summed E-state index contributed by atoms with van der Waals surface area (Å²) in [6.07, 6.45) is 0. The van der Waals surface area contributed by atoms with Crippen LogP contribution in [0.25, 0.3) is 0 Å². The van der Waals surface area contributed by atoms with E-state index >= 15 is 0 Å². The summed E-state index contributed by atoms with van der Waals surface area (Å²) in [7, 11) is -5.26. The van der Waals surface area contributed by atoms with Crippen LogP contribution in [0.1, 0.15) is 22.3 Å². The van der Waals surface area contributed by atoms with Gasteiger partial charge in [0.05, 0.1) is 0 Å². The van der Waals surface area contributed by atoms with Gasteiger partial charge in [-0.2, -0.15) is 26.3 Å². The summed E-state index contributed by atoms with van der Waals surface area (Å²) in [5.41, 5.74) is -8.86. The Kier molecular flexibility index (Phi) is 4.94. The predicted molar refractivity (Wildman–Crippen MR) is 88.1 cm³/mol. The van der Waals surface area contributed by atoms with Crippen molar-refractivity contribution in [2.45, 2.75) is 48.5 Å². The molecule has 2 aromatic carbocycles. The largest absolute Gasteiger partial charge is 0.440 e. The van der Waals surface area contributed by atoms with Crippen molar-refractivity contribution >= 4 is 10.0 Å². The maximum atomic E-state index is 14.0. The van der Waals surface area contributed by atoms with Crippen molar-refractivity contribution in [3.8, 4) is 0 Å². The second-order valence-corrected chi connectivity index (χ2v) is 9.09. The standard InChI is InChI=1S/C18H18F6S/c1-11-5-7-15(9-13(11)3)25(17(19,20)21,18(22,23)24)16-8-6-12(2)14(4)10-16/h5-10H,1-4H3. The van der Waals surface area contributed by atoms with Crippen LogP contribution in [0.4, 0.5) is 26.3 Å². The Bertz CT molecular complexity index is 722. The minimum absolute atomic E-state index is 0.395. The minimum atomic E-state index is -5.46. The Hall–Kier alpha value is -1.63. The first-order chi connectivity index (χ1) is 11.3. The van der Waals surface area contributed by atoms with Crippen LogP contribution < -0.4 is 0 Å². The van der Waals surface area contributed by atoms with E-state index in [1.165, 1.54) is 26.0 Å². The molecule has 0 fully saturated rings. The molecule has 0 saturated carbocycles. The highest BCUT2D eigenvalue weighted by atomic mass is 32.3. The normalized spacial score (nSPS) is 13.8. The molecule has 0 amide bonds. The number of rotatable bonds is 2. The van der Waals surface area contributed by atoms with Crippen molar-refractivity contribution < 1.29 is 26.3 Å². The van der Waals surface area contributed by atoms with E-state index < -0.39 is 30.8 Å². The van der Waals surface area contributed by atoms with Crippen LogP contribution in [0.3, 0.4) is 0 Å². The molecule has 7 heteroatoms. The second kappa shape index (κ2) is 6.27. The zero-order chi connectivity index (χ0) is 19.2. The maximum Gasteiger partial charge on any atom is 0.440 e. The molecule has 0 bridgehead atoms. The number of alkyl halides is 6. The lowest BCUT2D eigenvalue weighted by Crippen LogP contribution is -2.33. The predicted octanol–water partition coefficient (Wildman–Crippen LogP) is 7.18. The maximum absolute atomic E-state index is 14.0. The molecule has 0 heterocycles. The first-order valence-electron chi connectivity index (χ1n) is 7.43. The first-order valence-corrected chi connectivity index (χ1v) is 9.06. The van der Waals surface area contributed by atoms with Gasteiger partial charge in [0.25, 0.3) is 0 Å². The number of benzene rings is 2. The Labute approximate surface area is 144 Å². The Morgan fingerprint density at radius 3 is 1.12 bits per heavy atom. The van der Waals surface area contributed by atoms with E-state index in [0.29, 0.717) is 22.3 Å². The van der Waals surface area contributed by atoms with Gasteiger partial charge in [-0.25, -0.2) is 0 Å². The third-order valence-electron chi connectivity index (χ3n) is 4.36. The molecule has 2 aromatic rings. The molecule has 138 valence electrons. The van der Waals surface area contributed by atoms with Gasteiger partial charge >= 0.3 is 11.0 Å². The van der Waals surface area contributed by atoms with E-state index in [4.69, 9.17) is 0 Å². The summed E-state index contributed by atoms with van der Waals surface area (Å²) in [5.74, 6) is 0. The summed E-state index contributed by atoms with van der Waals surface area (Å²) in [6.45, 7) is 6.31. The van der Waals surface area contributed by atoms with Gasteiger partial charge in [0.1, 0.15) is 0 Å². The molecule has 0 nitrogen and oxygen atoms in total. The van der Waals surface area contributed by atoms with Gasteiger partial charge in [0.2, 0.25) is 0 Å². The molecule has 0 aromatic heterocycles. The highest BCUT2D eigenvalue weighted by Gasteiger charge is 2.68. The molecule has 0 unspecified atom stereocenters. The number of hydrogen-bond donors (Lipinski definition) is 0. The topological polar surface area (TPSA) is 0 Å². The van der Waals surface area contributed by atoms with Crippen molar-refractivity contribution in [2.75, 3.05) is 0 Å². The van der Waals surface area contributed by atoms with E-state index in [0.717, 1.165) is 24.3 Å². The summed E-state index contributed by atoms with van der Waals surface area (Å²) < 4.78 is 84.1. The Morgan fingerprint density at radius 1 is 0.560 bits per heavy atom. The molecule has 25 heavy (non-hydrogen) atoms. The molecule has 2 rings (SSSR count). The molecular weight excluding hydrogens is 362 g/mol. The molecular formula is C18H18F6S. The van der Waals surface area contributed by atoms with Crippen LogP contribution in [-0.4, -0.2) is 11.0 Å². The lowest BCUT2D eigenvalue weighted by Gasteiger charge is -2.43. The fourth-order valence-corrected chi connectivity index (χ4v) is 5.47. The Morgan fingerprint density at radius 2 is 0.880 bits per heavy atom. The van der Waals surface area contributed by atoms with E-state index in [1.807, 2.05) is 0 Å². The van der Waals surface area contributed by atoms with Crippen molar-refractivity contribution in [1.82, 2.24) is 0 Å². The fraction of sp³-hybridized carbons (Fsp3) is 0.333. The monoisotopic (exact) mass is 380 g/mol. The Balaban J connectivity index is 2.96. The molecule has 0 N–H and O–H groups in total. The van der Waals surface area contributed by atoms with Crippen molar-refractivity contribution in [2.24, 2.45) is 0 Å². The van der Waals surface area contributed by atoms with Gasteiger partial charge in [0, 0.05) is 19.8 Å². The van der Waals surface area contributed by atoms with E-state index in [2.05, 4.69) is 0 Å². The summed E-state index contributed by atoms with van der Waals surface area (Å²) >= 11 is 0. The first kappa shape index (κ1) is 19.7. The third-order valence-corrected chi connectivity index (χ3v) is 7.67. The number of aryl methyl sites for hydroxylation is 4. The number of halogens is 6. The highest BCUT2D eigenvalue weighted by Crippen LogP contribution is 2.80. The lowest BCUT2D eigenvalue weighted by molar-refractivity contribution is -0.0800. The van der Waals surface area contributed by atoms with Crippen LogP contribution in [0.5, 0.6) is 0 Å². The van der Waals surface area contributed by atoms with Gasteiger partial charge < -0.3 is 0 Å². The SMILES string of the molecule is Cc1ccc(S(c2ccc(C)c(C)c2)(C(F)(F)F)C(F)(F)F)cc1C. The molecule has 0 aliphatic rings. The van der Waals surface area contributed by atoms with Crippen molar-refractivity contribution in [3.63, 3.8) is 0 Å². The van der Waals surface area contributed by atoms with Crippen molar-refractivity contribution in [1.29, 1.82) is 0 Å². The molecule has 0 aliphatic heterocycles. The highest BCUT2D eigenvalue weighted by molar-refractivity contribution is 8.35. The summed E-state index contributed by atoms with van der Waals surface area (Å²) in [6, 6.07) is 6.55. The van der Waals surface area contributed by atoms with Crippen molar-refractivity contribution in [3.05, 3.63) is 58.7 Å². The average Bonchev–Trinajstić information content (AvgIpc) is 2.44. The van der Waals surface area contributed by atoms with Crippen LogP contribution in [0.2, 0.25) is 0 Å². The summed E-state index contributed by atoms with van der Waals surface area (Å²) in [5, 5.41) is 0. The average molecular weight is 380 g/mol. The van der Waals surface area contributed by atoms with Gasteiger partial charge in [-0.15, -0.1) is 0 Å². The van der Waals surface area contributed by atoms with Crippen LogP contribution >= 0.6 is 10.0 Å². The van der Waals surface area contributed by atoms with Gasteiger partial charge in [-0.1, -0.05) is 12.1 Å². The smallest absolute Gasteiger partial charge is 0.161 e. The van der Waals surface area contributed by atoms with E-state index in [1.54, 1.807) is 13.8 Å². The van der Waals surface area contributed by atoms with Crippen LogP contribution in [0, 0.1) is 27.7 Å². The lowest BCUT2D eigenvalue weighted by atomic mass is 10.1. The van der Waals surface area contributed by atoms with Crippen LogP contribution in [0.15, 0.2) is 46.2 Å². The molecule has 0 atom stereocenters. The third kappa shape index (κ3) is 3.14. The molecule has 0 radical (unpaired) electrons. The minimum Gasteiger partial charge on any atom is -0.161 e. The molecule has 0 saturated heterocycles. The van der Waals surface area contributed by atoms with E-state index in [-0.39, 0.29) is 0 Å². The quantitative estimate of drug-likeness (QED) is 0.484. The van der Waals surface area contributed by atoms with Gasteiger partial charge in [-0.3, -0.25) is 0 Å². The molecule has 0 spiro atoms.